The number of esters is 1. The Kier molecular flexibility index (Phi) is 3.41. The molecule has 4 heteroatoms. The summed E-state index contributed by atoms with van der Waals surface area (Å²) in [6.45, 7) is 3.92. The van der Waals surface area contributed by atoms with Gasteiger partial charge in [0.05, 0.1) is 12.5 Å². The lowest BCUT2D eigenvalue weighted by Gasteiger charge is -2.75. The minimum atomic E-state index is -0.470. The van der Waals surface area contributed by atoms with E-state index in [0.717, 1.165) is 19.3 Å². The normalized spacial score (nSPS) is 29.3. The first-order valence-corrected chi connectivity index (χ1v) is 7.99. The number of hydrogen-bond donors (Lipinski definition) is 0. The second-order valence-electron chi connectivity index (χ2n) is 7.54. The van der Waals surface area contributed by atoms with Gasteiger partial charge in [0.1, 0.15) is 0 Å². The number of ether oxygens (including phenoxy) is 1. The molecule has 0 heterocycles. The zero-order valence-electron chi connectivity index (χ0n) is 13.2. The Morgan fingerprint density at radius 3 is 2.45 bits per heavy atom. The van der Waals surface area contributed by atoms with E-state index in [9.17, 15) is 9.59 Å². The Hall–Kier alpha value is -1.35. The van der Waals surface area contributed by atoms with Crippen LogP contribution in [0.4, 0.5) is 0 Å². The predicted molar refractivity (Wildman–Crippen MR) is 84.9 cm³/mol. The highest BCUT2D eigenvalue weighted by Crippen LogP contribution is 2.80. The lowest BCUT2D eigenvalue weighted by atomic mass is 9.28. The van der Waals surface area contributed by atoms with Crippen LogP contribution in [0.25, 0.3) is 0 Å². The van der Waals surface area contributed by atoms with Crippen molar-refractivity contribution in [3.63, 3.8) is 0 Å². The third kappa shape index (κ3) is 2.10. The van der Waals surface area contributed by atoms with E-state index in [2.05, 4.69) is 0 Å². The maximum absolute atomic E-state index is 12.4. The molecule has 1 aromatic rings. The van der Waals surface area contributed by atoms with E-state index < -0.39 is 5.41 Å². The lowest BCUT2D eigenvalue weighted by Crippen LogP contribution is -2.69. The van der Waals surface area contributed by atoms with Crippen LogP contribution in [0.1, 0.15) is 49.9 Å². The van der Waals surface area contributed by atoms with Crippen LogP contribution in [0.3, 0.4) is 0 Å². The maximum atomic E-state index is 12.4. The third-order valence-electron chi connectivity index (χ3n) is 5.84. The molecule has 0 atom stereocenters. The van der Waals surface area contributed by atoms with Crippen LogP contribution in [0.2, 0.25) is 5.02 Å². The van der Waals surface area contributed by atoms with Crippen molar-refractivity contribution in [2.45, 2.75) is 39.5 Å². The summed E-state index contributed by atoms with van der Waals surface area (Å²) in [4.78, 5) is 24.4. The molecule has 2 bridgehead atoms. The van der Waals surface area contributed by atoms with Crippen LogP contribution < -0.4 is 0 Å². The summed E-state index contributed by atoms with van der Waals surface area (Å²) in [7, 11) is 1.44. The molecule has 4 rings (SSSR count). The van der Waals surface area contributed by atoms with Crippen molar-refractivity contribution >= 4 is 23.4 Å². The summed E-state index contributed by atoms with van der Waals surface area (Å²) in [5.41, 5.74) is 0.320. The first kappa shape index (κ1) is 15.5. The molecule has 1 aromatic carbocycles. The fourth-order valence-corrected chi connectivity index (χ4v) is 4.62. The van der Waals surface area contributed by atoms with E-state index >= 15 is 0 Å². The molecule has 3 aliphatic rings. The molecule has 0 radical (unpaired) electrons. The van der Waals surface area contributed by atoms with Crippen molar-refractivity contribution in [3.8, 4) is 0 Å². The van der Waals surface area contributed by atoms with Crippen molar-refractivity contribution in [3.05, 3.63) is 34.9 Å². The number of carbonyl (C=O) groups excluding carboxylic acids is 2. The van der Waals surface area contributed by atoms with Gasteiger partial charge in [-0.2, -0.15) is 0 Å². The molecule has 3 aliphatic carbocycles. The van der Waals surface area contributed by atoms with E-state index in [0.29, 0.717) is 17.0 Å². The SMILES string of the molecule is COC(=O)C(C)(C)C12CC(CC(=O)c3cccc(Cl)c3)(C1)C2. The summed E-state index contributed by atoms with van der Waals surface area (Å²) in [5, 5.41) is 0.590. The Morgan fingerprint density at radius 1 is 1.27 bits per heavy atom. The van der Waals surface area contributed by atoms with E-state index in [1.165, 1.54) is 7.11 Å². The zero-order valence-corrected chi connectivity index (χ0v) is 14.0. The van der Waals surface area contributed by atoms with Crippen LogP contribution >= 0.6 is 11.6 Å². The summed E-state index contributed by atoms with van der Waals surface area (Å²) < 4.78 is 4.94. The summed E-state index contributed by atoms with van der Waals surface area (Å²) in [6.07, 6.45) is 3.36. The van der Waals surface area contributed by atoms with Gasteiger partial charge >= 0.3 is 5.97 Å². The molecule has 0 saturated heterocycles. The maximum Gasteiger partial charge on any atom is 0.311 e. The van der Waals surface area contributed by atoms with E-state index in [-0.39, 0.29) is 22.6 Å². The molecule has 0 N–H and O–H groups in total. The van der Waals surface area contributed by atoms with Crippen LogP contribution in [-0.4, -0.2) is 18.9 Å². The van der Waals surface area contributed by atoms with Crippen molar-refractivity contribution in [1.29, 1.82) is 0 Å². The number of ketones is 1. The van der Waals surface area contributed by atoms with Gasteiger partial charge in [0.25, 0.3) is 0 Å². The highest BCUT2D eigenvalue weighted by molar-refractivity contribution is 6.31. The number of Topliss-reactive ketones (excluding diaryl/α,β-unsaturated/α-hetero) is 1. The Balaban J connectivity index is 1.65. The van der Waals surface area contributed by atoms with Crippen LogP contribution in [-0.2, 0) is 9.53 Å². The zero-order chi connectivity index (χ0) is 16.2. The van der Waals surface area contributed by atoms with Gasteiger partial charge in [-0.15, -0.1) is 0 Å². The first-order valence-electron chi connectivity index (χ1n) is 7.61. The minimum Gasteiger partial charge on any atom is -0.469 e. The third-order valence-corrected chi connectivity index (χ3v) is 6.08. The van der Waals surface area contributed by atoms with E-state index in [1.54, 1.807) is 18.2 Å². The van der Waals surface area contributed by atoms with Gasteiger partial charge in [-0.05, 0) is 56.1 Å². The van der Waals surface area contributed by atoms with Crippen molar-refractivity contribution in [2.24, 2.45) is 16.2 Å². The van der Waals surface area contributed by atoms with Gasteiger partial charge in [-0.3, -0.25) is 9.59 Å². The topological polar surface area (TPSA) is 43.4 Å². The van der Waals surface area contributed by atoms with E-state index in [4.69, 9.17) is 16.3 Å². The number of benzene rings is 1. The molecule has 3 fully saturated rings. The molecule has 3 nitrogen and oxygen atoms in total. The number of carbonyl (C=O) groups is 2. The Labute approximate surface area is 136 Å². The molecular formula is C18H21ClO3. The highest BCUT2D eigenvalue weighted by Gasteiger charge is 2.74. The quantitative estimate of drug-likeness (QED) is 0.600. The molecule has 0 amide bonds. The van der Waals surface area contributed by atoms with E-state index in [1.807, 2.05) is 19.9 Å². The molecule has 118 valence electrons. The molecular weight excluding hydrogens is 300 g/mol. The lowest BCUT2D eigenvalue weighted by molar-refractivity contribution is -0.261. The van der Waals surface area contributed by atoms with Gasteiger partial charge in [0, 0.05) is 17.0 Å². The molecule has 0 aliphatic heterocycles. The number of rotatable bonds is 5. The van der Waals surface area contributed by atoms with Crippen molar-refractivity contribution in [2.75, 3.05) is 7.11 Å². The predicted octanol–water partition coefficient (Wildman–Crippen LogP) is 4.28. The van der Waals surface area contributed by atoms with Crippen LogP contribution in [0.5, 0.6) is 0 Å². The molecule has 0 spiro atoms. The summed E-state index contributed by atoms with van der Waals surface area (Å²) >= 11 is 5.95. The van der Waals surface area contributed by atoms with Crippen molar-refractivity contribution < 1.29 is 14.3 Å². The van der Waals surface area contributed by atoms with Crippen molar-refractivity contribution in [1.82, 2.24) is 0 Å². The highest BCUT2D eigenvalue weighted by atomic mass is 35.5. The molecule has 0 unspecified atom stereocenters. The molecule has 3 saturated carbocycles. The fraction of sp³-hybridized carbons (Fsp3) is 0.556. The molecule has 0 aromatic heterocycles. The second kappa shape index (κ2) is 4.82. The fourth-order valence-electron chi connectivity index (χ4n) is 4.42. The Morgan fingerprint density at radius 2 is 1.91 bits per heavy atom. The largest absolute Gasteiger partial charge is 0.469 e. The smallest absolute Gasteiger partial charge is 0.311 e. The number of methoxy groups -OCH3 is 1. The summed E-state index contributed by atoms with van der Waals surface area (Å²) in [5.74, 6) is -0.00589. The average Bonchev–Trinajstić information content (AvgIpc) is 2.39. The monoisotopic (exact) mass is 320 g/mol. The second-order valence-corrected chi connectivity index (χ2v) is 7.97. The molecule has 22 heavy (non-hydrogen) atoms. The minimum absolute atomic E-state index is 0.0225. The van der Waals surface area contributed by atoms with Gasteiger partial charge in [-0.25, -0.2) is 0 Å². The number of halogens is 1. The summed E-state index contributed by atoms with van der Waals surface area (Å²) in [6, 6.07) is 7.12. The van der Waals surface area contributed by atoms with Gasteiger partial charge in [0.15, 0.2) is 5.78 Å². The van der Waals surface area contributed by atoms with Crippen LogP contribution in [0, 0.1) is 16.2 Å². The average molecular weight is 321 g/mol. The van der Waals surface area contributed by atoms with Gasteiger partial charge in [-0.1, -0.05) is 23.7 Å². The Bertz CT molecular complexity index is 628. The van der Waals surface area contributed by atoms with Crippen LogP contribution in [0.15, 0.2) is 24.3 Å². The number of hydrogen-bond acceptors (Lipinski definition) is 3. The van der Waals surface area contributed by atoms with Gasteiger partial charge in [0.2, 0.25) is 0 Å². The standard InChI is InChI=1S/C18H21ClO3/c1-16(2,15(21)22-3)18-9-17(10-18,11-18)8-14(20)12-5-4-6-13(19)7-12/h4-7H,8-11H2,1-3H3. The first-order chi connectivity index (χ1) is 10.2. The van der Waals surface area contributed by atoms with Gasteiger partial charge < -0.3 is 4.74 Å².